The van der Waals surface area contributed by atoms with Crippen molar-refractivity contribution in [2.24, 2.45) is 11.8 Å². The maximum atomic E-state index is 10.6. The van der Waals surface area contributed by atoms with Crippen molar-refractivity contribution < 1.29 is 19.0 Å². The Morgan fingerprint density at radius 1 is 1.23 bits per heavy atom. The molecule has 1 aliphatic carbocycles. The standard InChI is InChI=1S/C17H27NO4/c1-14(19)20-10-6-4-2-3-5-7-16-15(13-18)8-9-17(16)21-11-12-22-17/h15-16H,2-12H2,1H3. The van der Waals surface area contributed by atoms with Gasteiger partial charge in [-0.25, -0.2) is 0 Å². The first-order chi connectivity index (χ1) is 10.7. The molecule has 1 spiro atoms. The summed E-state index contributed by atoms with van der Waals surface area (Å²) < 4.78 is 16.6. The molecule has 2 unspecified atom stereocenters. The van der Waals surface area contributed by atoms with Gasteiger partial charge in [0, 0.05) is 19.3 Å². The van der Waals surface area contributed by atoms with Gasteiger partial charge < -0.3 is 14.2 Å². The Morgan fingerprint density at radius 3 is 2.59 bits per heavy atom. The molecule has 0 aromatic heterocycles. The molecule has 0 aromatic carbocycles. The predicted molar refractivity (Wildman–Crippen MR) is 80.8 cm³/mol. The number of nitrogens with zero attached hydrogens (tertiary/aromatic N) is 1. The van der Waals surface area contributed by atoms with E-state index in [0.29, 0.717) is 19.8 Å². The Morgan fingerprint density at radius 2 is 1.91 bits per heavy atom. The van der Waals surface area contributed by atoms with Crippen LogP contribution in [0.5, 0.6) is 0 Å². The number of esters is 1. The largest absolute Gasteiger partial charge is 0.466 e. The highest BCUT2D eigenvalue weighted by Gasteiger charge is 2.52. The van der Waals surface area contributed by atoms with E-state index in [0.717, 1.165) is 51.4 Å². The van der Waals surface area contributed by atoms with Gasteiger partial charge in [-0.3, -0.25) is 4.79 Å². The number of hydrogen-bond donors (Lipinski definition) is 0. The fourth-order valence-corrected chi connectivity index (χ4v) is 3.67. The molecule has 0 N–H and O–H groups in total. The first-order valence-electron chi connectivity index (χ1n) is 8.49. The summed E-state index contributed by atoms with van der Waals surface area (Å²) in [5.41, 5.74) is 0. The highest BCUT2D eigenvalue weighted by Crippen LogP contribution is 2.47. The minimum Gasteiger partial charge on any atom is -0.466 e. The lowest BCUT2D eigenvalue weighted by Crippen LogP contribution is -2.36. The number of hydrogen-bond acceptors (Lipinski definition) is 5. The van der Waals surface area contributed by atoms with Gasteiger partial charge >= 0.3 is 5.97 Å². The van der Waals surface area contributed by atoms with Gasteiger partial charge in [0.2, 0.25) is 0 Å². The lowest BCUT2D eigenvalue weighted by Gasteiger charge is -2.30. The second-order valence-corrected chi connectivity index (χ2v) is 6.29. The molecule has 2 aliphatic rings. The summed E-state index contributed by atoms with van der Waals surface area (Å²) in [6.45, 7) is 3.28. The van der Waals surface area contributed by atoms with Crippen molar-refractivity contribution in [2.75, 3.05) is 19.8 Å². The van der Waals surface area contributed by atoms with Gasteiger partial charge in [0.05, 0.1) is 31.8 Å². The smallest absolute Gasteiger partial charge is 0.302 e. The van der Waals surface area contributed by atoms with E-state index in [1.807, 2.05) is 0 Å². The highest BCUT2D eigenvalue weighted by atomic mass is 16.7. The first-order valence-corrected chi connectivity index (χ1v) is 8.49. The van der Waals surface area contributed by atoms with Crippen LogP contribution in [0.4, 0.5) is 0 Å². The van der Waals surface area contributed by atoms with Crippen LogP contribution in [0, 0.1) is 23.2 Å². The van der Waals surface area contributed by atoms with Crippen molar-refractivity contribution in [3.63, 3.8) is 0 Å². The zero-order valence-corrected chi connectivity index (χ0v) is 13.5. The Hall–Kier alpha value is -1.12. The van der Waals surface area contributed by atoms with Crippen LogP contribution in [-0.4, -0.2) is 31.6 Å². The maximum absolute atomic E-state index is 10.6. The van der Waals surface area contributed by atoms with Crippen LogP contribution < -0.4 is 0 Å². The molecule has 2 atom stereocenters. The lowest BCUT2D eigenvalue weighted by molar-refractivity contribution is -0.185. The molecule has 5 nitrogen and oxygen atoms in total. The zero-order valence-electron chi connectivity index (χ0n) is 13.5. The van der Waals surface area contributed by atoms with Crippen molar-refractivity contribution in [2.45, 2.75) is 64.1 Å². The van der Waals surface area contributed by atoms with Gasteiger partial charge in [-0.05, 0) is 19.3 Å². The molecule has 0 bridgehead atoms. The van der Waals surface area contributed by atoms with E-state index in [2.05, 4.69) is 6.07 Å². The van der Waals surface area contributed by atoms with Gasteiger partial charge in [-0.2, -0.15) is 5.26 Å². The second kappa shape index (κ2) is 8.50. The molecular weight excluding hydrogens is 282 g/mol. The molecule has 22 heavy (non-hydrogen) atoms. The van der Waals surface area contributed by atoms with Crippen LogP contribution >= 0.6 is 0 Å². The minimum absolute atomic E-state index is 0.0714. The fourth-order valence-electron chi connectivity index (χ4n) is 3.67. The molecule has 0 aromatic rings. The normalized spacial score (nSPS) is 26.2. The van der Waals surface area contributed by atoms with Crippen molar-refractivity contribution in [1.82, 2.24) is 0 Å². The van der Waals surface area contributed by atoms with Crippen molar-refractivity contribution in [1.29, 1.82) is 5.26 Å². The molecule has 1 saturated heterocycles. The number of carbonyl (C=O) groups is 1. The van der Waals surface area contributed by atoms with Crippen LogP contribution in [0.25, 0.3) is 0 Å². The molecule has 2 rings (SSSR count). The highest BCUT2D eigenvalue weighted by molar-refractivity contribution is 5.65. The van der Waals surface area contributed by atoms with E-state index in [1.54, 1.807) is 0 Å². The van der Waals surface area contributed by atoms with Crippen LogP contribution in [0.1, 0.15) is 58.3 Å². The Bertz CT molecular complexity index is 398. The number of nitriles is 1. The monoisotopic (exact) mass is 309 g/mol. The topological polar surface area (TPSA) is 68.6 Å². The van der Waals surface area contributed by atoms with E-state index < -0.39 is 5.79 Å². The average molecular weight is 309 g/mol. The van der Waals surface area contributed by atoms with E-state index in [1.165, 1.54) is 6.92 Å². The quantitative estimate of drug-likeness (QED) is 0.509. The average Bonchev–Trinajstić information content (AvgIpc) is 3.10. The van der Waals surface area contributed by atoms with Gasteiger partial charge in [0.1, 0.15) is 0 Å². The summed E-state index contributed by atoms with van der Waals surface area (Å²) in [5, 5.41) is 9.32. The van der Waals surface area contributed by atoms with Crippen LogP contribution in [0.15, 0.2) is 0 Å². The van der Waals surface area contributed by atoms with E-state index in [9.17, 15) is 10.1 Å². The Balaban J connectivity index is 1.62. The summed E-state index contributed by atoms with van der Waals surface area (Å²) in [7, 11) is 0. The molecule has 1 saturated carbocycles. The fraction of sp³-hybridized carbons (Fsp3) is 0.882. The van der Waals surface area contributed by atoms with Gasteiger partial charge in [0.15, 0.2) is 5.79 Å². The molecule has 0 radical (unpaired) electrons. The van der Waals surface area contributed by atoms with Crippen LogP contribution in [0.3, 0.4) is 0 Å². The maximum Gasteiger partial charge on any atom is 0.302 e. The Labute approximate surface area is 132 Å². The number of carbonyl (C=O) groups excluding carboxylic acids is 1. The molecule has 2 fully saturated rings. The first kappa shape index (κ1) is 17.2. The van der Waals surface area contributed by atoms with Crippen LogP contribution in [0.2, 0.25) is 0 Å². The molecule has 1 aliphatic heterocycles. The number of unbranched alkanes of at least 4 members (excludes halogenated alkanes) is 4. The third kappa shape index (κ3) is 4.44. The second-order valence-electron chi connectivity index (χ2n) is 6.29. The number of rotatable bonds is 8. The van der Waals surface area contributed by atoms with Gasteiger partial charge in [-0.15, -0.1) is 0 Å². The van der Waals surface area contributed by atoms with Crippen molar-refractivity contribution in [3.8, 4) is 6.07 Å². The summed E-state index contributed by atoms with van der Waals surface area (Å²) in [6.07, 6.45) is 8.15. The van der Waals surface area contributed by atoms with Crippen LogP contribution in [-0.2, 0) is 19.0 Å². The van der Waals surface area contributed by atoms with Gasteiger partial charge in [0.25, 0.3) is 0 Å². The number of ether oxygens (including phenoxy) is 3. The van der Waals surface area contributed by atoms with Gasteiger partial charge in [-0.1, -0.05) is 25.7 Å². The molecule has 5 heteroatoms. The molecule has 124 valence electrons. The molecule has 1 heterocycles. The predicted octanol–water partition coefficient (Wildman–Crippen LogP) is 3.18. The molecular formula is C17H27NO4. The lowest BCUT2D eigenvalue weighted by atomic mass is 9.88. The van der Waals surface area contributed by atoms with E-state index >= 15 is 0 Å². The summed E-state index contributed by atoms with van der Waals surface area (Å²) in [4.78, 5) is 10.6. The van der Waals surface area contributed by atoms with E-state index in [4.69, 9.17) is 14.2 Å². The third-order valence-electron chi connectivity index (χ3n) is 4.76. The SMILES string of the molecule is CC(=O)OCCCCCCCC1C(C#N)CCC12OCCO2. The summed E-state index contributed by atoms with van der Waals surface area (Å²) in [6, 6.07) is 2.44. The summed E-state index contributed by atoms with van der Waals surface area (Å²) >= 11 is 0. The minimum atomic E-state index is -0.463. The zero-order chi connectivity index (χ0) is 15.8. The summed E-state index contributed by atoms with van der Waals surface area (Å²) in [5.74, 6) is -0.371. The van der Waals surface area contributed by atoms with Crippen molar-refractivity contribution >= 4 is 5.97 Å². The molecule has 0 amide bonds. The Kier molecular flexibility index (Phi) is 6.66. The van der Waals surface area contributed by atoms with E-state index in [-0.39, 0.29) is 17.8 Å². The third-order valence-corrected chi connectivity index (χ3v) is 4.76. The van der Waals surface area contributed by atoms with Crippen molar-refractivity contribution in [3.05, 3.63) is 0 Å².